The number of aliphatic hydroxyl groups is 1. The summed E-state index contributed by atoms with van der Waals surface area (Å²) in [6.45, 7) is 5.90. The van der Waals surface area contributed by atoms with Crippen LogP contribution in [-0.2, 0) is 0 Å². The molecule has 0 radical (unpaired) electrons. The van der Waals surface area contributed by atoms with Crippen LogP contribution in [0.15, 0.2) is 24.3 Å². The molecule has 1 aromatic rings. The SMILES string of the molecule is CC(C)Oc1ccc(C(O)C(C)Br)cc1. The van der Waals surface area contributed by atoms with E-state index in [2.05, 4.69) is 15.9 Å². The molecule has 0 aliphatic carbocycles. The quantitative estimate of drug-likeness (QED) is 0.853. The average molecular weight is 273 g/mol. The molecule has 2 unspecified atom stereocenters. The highest BCUT2D eigenvalue weighted by atomic mass is 79.9. The van der Waals surface area contributed by atoms with Crippen molar-refractivity contribution in [2.45, 2.75) is 37.8 Å². The van der Waals surface area contributed by atoms with Crippen LogP contribution in [0.4, 0.5) is 0 Å². The van der Waals surface area contributed by atoms with E-state index in [4.69, 9.17) is 4.74 Å². The molecule has 84 valence electrons. The summed E-state index contributed by atoms with van der Waals surface area (Å²) in [7, 11) is 0. The fourth-order valence-corrected chi connectivity index (χ4v) is 1.59. The Kier molecular flexibility index (Phi) is 4.61. The van der Waals surface area contributed by atoms with Crippen molar-refractivity contribution in [1.29, 1.82) is 0 Å². The number of alkyl halides is 1. The average Bonchev–Trinajstić information content (AvgIpc) is 2.17. The zero-order valence-electron chi connectivity index (χ0n) is 9.27. The largest absolute Gasteiger partial charge is 0.491 e. The van der Waals surface area contributed by atoms with Crippen molar-refractivity contribution in [1.82, 2.24) is 0 Å². The maximum Gasteiger partial charge on any atom is 0.119 e. The highest BCUT2D eigenvalue weighted by Crippen LogP contribution is 2.24. The highest BCUT2D eigenvalue weighted by Gasteiger charge is 2.12. The third kappa shape index (κ3) is 3.84. The molecule has 2 atom stereocenters. The van der Waals surface area contributed by atoms with Gasteiger partial charge < -0.3 is 9.84 Å². The van der Waals surface area contributed by atoms with E-state index in [9.17, 15) is 5.11 Å². The minimum Gasteiger partial charge on any atom is -0.491 e. The zero-order chi connectivity index (χ0) is 11.4. The fraction of sp³-hybridized carbons (Fsp3) is 0.500. The molecule has 0 saturated carbocycles. The summed E-state index contributed by atoms with van der Waals surface area (Å²) in [4.78, 5) is 0.0503. The predicted octanol–water partition coefficient (Wildman–Crippen LogP) is 3.29. The Morgan fingerprint density at radius 1 is 1.13 bits per heavy atom. The lowest BCUT2D eigenvalue weighted by atomic mass is 10.1. The number of aliphatic hydroxyl groups excluding tert-OH is 1. The topological polar surface area (TPSA) is 29.5 Å². The van der Waals surface area contributed by atoms with Gasteiger partial charge in [0, 0.05) is 4.83 Å². The van der Waals surface area contributed by atoms with E-state index in [0.717, 1.165) is 11.3 Å². The lowest BCUT2D eigenvalue weighted by Crippen LogP contribution is -2.08. The monoisotopic (exact) mass is 272 g/mol. The molecular weight excluding hydrogens is 256 g/mol. The number of ether oxygens (including phenoxy) is 1. The Hall–Kier alpha value is -0.540. The van der Waals surface area contributed by atoms with Gasteiger partial charge in [0.1, 0.15) is 5.75 Å². The number of hydrogen-bond acceptors (Lipinski definition) is 2. The van der Waals surface area contributed by atoms with Crippen molar-refractivity contribution in [3.8, 4) is 5.75 Å². The van der Waals surface area contributed by atoms with Crippen molar-refractivity contribution in [2.75, 3.05) is 0 Å². The Labute approximate surface area is 99.4 Å². The van der Waals surface area contributed by atoms with Crippen LogP contribution in [0.3, 0.4) is 0 Å². The minimum absolute atomic E-state index is 0.0503. The molecule has 15 heavy (non-hydrogen) atoms. The predicted molar refractivity (Wildman–Crippen MR) is 65.6 cm³/mol. The maximum absolute atomic E-state index is 9.78. The summed E-state index contributed by atoms with van der Waals surface area (Å²) in [6, 6.07) is 7.54. The summed E-state index contributed by atoms with van der Waals surface area (Å²) < 4.78 is 5.52. The fourth-order valence-electron chi connectivity index (χ4n) is 1.28. The van der Waals surface area contributed by atoms with E-state index in [0.29, 0.717) is 0 Å². The first-order chi connectivity index (χ1) is 7.00. The van der Waals surface area contributed by atoms with Gasteiger partial charge in [-0.05, 0) is 38.5 Å². The Morgan fingerprint density at radius 2 is 1.67 bits per heavy atom. The molecule has 0 bridgehead atoms. The van der Waals surface area contributed by atoms with Crippen LogP contribution in [0, 0.1) is 0 Å². The lowest BCUT2D eigenvalue weighted by molar-refractivity contribution is 0.181. The van der Waals surface area contributed by atoms with Gasteiger partial charge in [-0.25, -0.2) is 0 Å². The van der Waals surface area contributed by atoms with E-state index in [1.165, 1.54) is 0 Å². The molecule has 0 spiro atoms. The first-order valence-electron chi connectivity index (χ1n) is 5.09. The molecule has 1 N–H and O–H groups in total. The summed E-state index contributed by atoms with van der Waals surface area (Å²) in [5, 5.41) is 9.78. The summed E-state index contributed by atoms with van der Waals surface area (Å²) in [6.07, 6.45) is -0.297. The van der Waals surface area contributed by atoms with Gasteiger partial charge in [-0.1, -0.05) is 28.1 Å². The first kappa shape index (κ1) is 12.5. The van der Waals surface area contributed by atoms with Gasteiger partial charge in [0.15, 0.2) is 0 Å². The molecule has 0 aliphatic heterocycles. The highest BCUT2D eigenvalue weighted by molar-refractivity contribution is 9.09. The van der Waals surface area contributed by atoms with Crippen LogP contribution in [-0.4, -0.2) is 16.0 Å². The van der Waals surface area contributed by atoms with E-state index in [1.54, 1.807) is 0 Å². The van der Waals surface area contributed by atoms with Gasteiger partial charge in [-0.2, -0.15) is 0 Å². The van der Waals surface area contributed by atoms with Crippen LogP contribution in [0.25, 0.3) is 0 Å². The van der Waals surface area contributed by atoms with Gasteiger partial charge in [0.05, 0.1) is 12.2 Å². The smallest absolute Gasteiger partial charge is 0.119 e. The van der Waals surface area contributed by atoms with Gasteiger partial charge in [0.2, 0.25) is 0 Å². The molecule has 3 heteroatoms. The van der Waals surface area contributed by atoms with Crippen LogP contribution in [0.5, 0.6) is 5.75 Å². The van der Waals surface area contributed by atoms with Crippen LogP contribution >= 0.6 is 15.9 Å². The maximum atomic E-state index is 9.78. The molecule has 1 aromatic carbocycles. The second-order valence-electron chi connectivity index (χ2n) is 3.86. The van der Waals surface area contributed by atoms with Crippen molar-refractivity contribution in [3.63, 3.8) is 0 Å². The third-order valence-corrected chi connectivity index (χ3v) is 2.53. The van der Waals surface area contributed by atoms with E-state index in [-0.39, 0.29) is 10.9 Å². The number of benzene rings is 1. The van der Waals surface area contributed by atoms with Crippen LogP contribution in [0.2, 0.25) is 0 Å². The molecular formula is C12H17BrO2. The molecule has 0 heterocycles. The second-order valence-corrected chi connectivity index (χ2v) is 5.30. The molecule has 0 saturated heterocycles. The second kappa shape index (κ2) is 5.52. The number of rotatable bonds is 4. The third-order valence-electron chi connectivity index (χ3n) is 2.03. The molecule has 0 fully saturated rings. The van der Waals surface area contributed by atoms with Gasteiger partial charge >= 0.3 is 0 Å². The van der Waals surface area contributed by atoms with Crippen molar-refractivity contribution in [3.05, 3.63) is 29.8 Å². The van der Waals surface area contributed by atoms with E-state index >= 15 is 0 Å². The minimum atomic E-state index is -0.474. The Balaban J connectivity index is 2.72. The molecule has 2 nitrogen and oxygen atoms in total. The lowest BCUT2D eigenvalue weighted by Gasteiger charge is -2.15. The Bertz CT molecular complexity index is 293. The van der Waals surface area contributed by atoms with Crippen LogP contribution < -0.4 is 4.74 Å². The molecule has 0 amide bonds. The normalized spacial score (nSPS) is 15.1. The Morgan fingerprint density at radius 3 is 2.07 bits per heavy atom. The van der Waals surface area contributed by atoms with Gasteiger partial charge in [-0.3, -0.25) is 0 Å². The first-order valence-corrected chi connectivity index (χ1v) is 6.01. The van der Waals surface area contributed by atoms with Gasteiger partial charge in [0.25, 0.3) is 0 Å². The standard InChI is InChI=1S/C12H17BrO2/c1-8(2)15-11-6-4-10(5-7-11)12(14)9(3)13/h4-9,12,14H,1-3H3. The number of hydrogen-bond donors (Lipinski definition) is 1. The summed E-state index contributed by atoms with van der Waals surface area (Å²) in [5.41, 5.74) is 0.899. The molecule has 1 rings (SSSR count). The van der Waals surface area contributed by atoms with E-state index in [1.807, 2.05) is 45.0 Å². The van der Waals surface area contributed by atoms with Gasteiger partial charge in [-0.15, -0.1) is 0 Å². The van der Waals surface area contributed by atoms with Crippen molar-refractivity contribution < 1.29 is 9.84 Å². The zero-order valence-corrected chi connectivity index (χ0v) is 10.9. The van der Waals surface area contributed by atoms with Crippen molar-refractivity contribution >= 4 is 15.9 Å². The van der Waals surface area contributed by atoms with Crippen LogP contribution in [0.1, 0.15) is 32.4 Å². The van der Waals surface area contributed by atoms with Crippen molar-refractivity contribution in [2.24, 2.45) is 0 Å². The summed E-state index contributed by atoms with van der Waals surface area (Å²) >= 11 is 3.35. The molecule has 0 aromatic heterocycles. The molecule has 0 aliphatic rings. The summed E-state index contributed by atoms with van der Waals surface area (Å²) in [5.74, 6) is 0.836. The number of halogens is 1. The van der Waals surface area contributed by atoms with E-state index < -0.39 is 6.10 Å².